The molecule has 0 spiro atoms. The monoisotopic (exact) mass is 451 g/mol. The number of fused-ring (bicyclic) bond motifs is 1. The molecule has 1 fully saturated rings. The minimum Gasteiger partial charge on any atom is -0.497 e. The van der Waals surface area contributed by atoms with Crippen molar-refractivity contribution in [1.82, 2.24) is 14.5 Å². The molecule has 0 radical (unpaired) electrons. The summed E-state index contributed by atoms with van der Waals surface area (Å²) in [6, 6.07) is 16.5. The van der Waals surface area contributed by atoms with Gasteiger partial charge in [0.1, 0.15) is 18.0 Å². The van der Waals surface area contributed by atoms with E-state index in [0.717, 1.165) is 41.6 Å². The van der Waals surface area contributed by atoms with Crippen LogP contribution in [0.3, 0.4) is 0 Å². The van der Waals surface area contributed by atoms with Crippen LogP contribution in [-0.2, 0) is 11.3 Å². The molecule has 0 bridgehead atoms. The fourth-order valence-electron chi connectivity index (χ4n) is 4.14. The number of methoxy groups -OCH3 is 1. The number of benzene rings is 2. The van der Waals surface area contributed by atoms with Gasteiger partial charge in [-0.3, -0.25) is 4.57 Å². The smallest absolute Gasteiger partial charge is 0.410 e. The first-order valence-corrected chi connectivity index (χ1v) is 11.5. The Labute approximate surface area is 195 Å². The van der Waals surface area contributed by atoms with Crippen LogP contribution in [0, 0.1) is 0 Å². The first kappa shape index (κ1) is 23.0. The van der Waals surface area contributed by atoms with E-state index in [9.17, 15) is 4.79 Å². The number of piperidine rings is 1. The van der Waals surface area contributed by atoms with Gasteiger partial charge in [0.15, 0.2) is 0 Å². The Balaban J connectivity index is 1.54. The van der Waals surface area contributed by atoms with Gasteiger partial charge < -0.3 is 19.1 Å². The minimum absolute atomic E-state index is 0.0390. The van der Waals surface area contributed by atoms with Gasteiger partial charge in [0.2, 0.25) is 0 Å². The van der Waals surface area contributed by atoms with Crippen molar-refractivity contribution in [2.75, 3.05) is 20.3 Å². The average molecular weight is 452 g/mol. The van der Waals surface area contributed by atoms with Gasteiger partial charge in [-0.25, -0.2) is 4.79 Å². The Morgan fingerprint density at radius 2 is 1.85 bits per heavy atom. The molecule has 1 amide bonds. The first-order chi connectivity index (χ1) is 15.8. The molecule has 1 aliphatic heterocycles. The maximum absolute atomic E-state index is 12.8. The molecular weight excluding hydrogens is 418 g/mol. The summed E-state index contributed by atoms with van der Waals surface area (Å²) in [7, 11) is 1.66. The molecule has 1 aromatic heterocycles. The van der Waals surface area contributed by atoms with E-state index in [1.165, 1.54) is 0 Å². The molecule has 0 unspecified atom stereocenters. The normalized spacial score (nSPS) is 16.6. The highest BCUT2D eigenvalue weighted by Crippen LogP contribution is 2.26. The lowest BCUT2D eigenvalue weighted by Gasteiger charge is -2.36. The molecule has 2 heterocycles. The Morgan fingerprint density at radius 1 is 1.09 bits per heavy atom. The maximum atomic E-state index is 12.8. The fourth-order valence-corrected chi connectivity index (χ4v) is 4.14. The van der Waals surface area contributed by atoms with Gasteiger partial charge >= 0.3 is 6.09 Å². The van der Waals surface area contributed by atoms with Gasteiger partial charge in [-0.15, -0.1) is 0 Å². The number of aromatic nitrogens is 2. The van der Waals surface area contributed by atoms with Crippen molar-refractivity contribution < 1.29 is 19.0 Å². The van der Waals surface area contributed by atoms with Crippen molar-refractivity contribution >= 4 is 17.1 Å². The topological polar surface area (TPSA) is 65.8 Å². The predicted molar refractivity (Wildman–Crippen MR) is 128 cm³/mol. The van der Waals surface area contributed by atoms with Gasteiger partial charge in [-0.2, -0.15) is 4.98 Å². The number of hydrogen-bond acceptors (Lipinski definition) is 5. The van der Waals surface area contributed by atoms with E-state index in [4.69, 9.17) is 19.2 Å². The lowest BCUT2D eigenvalue weighted by atomic mass is 10.0. The third-order valence-corrected chi connectivity index (χ3v) is 5.78. The molecule has 0 saturated carbocycles. The van der Waals surface area contributed by atoms with Crippen LogP contribution >= 0.6 is 0 Å². The zero-order valence-electron chi connectivity index (χ0n) is 19.9. The zero-order chi connectivity index (χ0) is 23.4. The van der Waals surface area contributed by atoms with Crippen molar-refractivity contribution in [3.63, 3.8) is 0 Å². The van der Waals surface area contributed by atoms with Crippen molar-refractivity contribution in [3.8, 4) is 11.8 Å². The Morgan fingerprint density at radius 3 is 2.58 bits per heavy atom. The average Bonchev–Trinajstić information content (AvgIpc) is 3.14. The van der Waals surface area contributed by atoms with E-state index >= 15 is 0 Å². The van der Waals surface area contributed by atoms with E-state index < -0.39 is 5.60 Å². The summed E-state index contributed by atoms with van der Waals surface area (Å²) >= 11 is 0. The lowest BCUT2D eigenvalue weighted by Crippen LogP contribution is -2.48. The highest BCUT2D eigenvalue weighted by Gasteiger charge is 2.31. The van der Waals surface area contributed by atoms with Gasteiger partial charge in [0, 0.05) is 6.54 Å². The predicted octanol–water partition coefficient (Wildman–Crippen LogP) is 5.26. The summed E-state index contributed by atoms with van der Waals surface area (Å²) in [5.74, 6) is 0.824. The third-order valence-electron chi connectivity index (χ3n) is 5.78. The van der Waals surface area contributed by atoms with Crippen LogP contribution in [-0.4, -0.2) is 52.4 Å². The number of carbonyl (C=O) groups excluding carboxylic acids is 1. The summed E-state index contributed by atoms with van der Waals surface area (Å²) in [6.07, 6.45) is 2.65. The molecule has 2 aromatic carbocycles. The van der Waals surface area contributed by atoms with Gasteiger partial charge in [-0.1, -0.05) is 24.3 Å². The number of ether oxygens (including phenoxy) is 3. The Kier molecular flexibility index (Phi) is 6.77. The van der Waals surface area contributed by atoms with Gasteiger partial charge in [0.25, 0.3) is 6.01 Å². The summed E-state index contributed by atoms with van der Waals surface area (Å²) in [6.45, 7) is 7.36. The largest absolute Gasteiger partial charge is 0.497 e. The molecular formula is C26H33N3O4. The molecule has 1 saturated heterocycles. The zero-order valence-corrected chi connectivity index (χ0v) is 19.9. The molecule has 176 valence electrons. The second kappa shape index (κ2) is 9.73. The summed E-state index contributed by atoms with van der Waals surface area (Å²) in [5, 5.41) is 0. The number of amides is 1. The molecule has 0 aliphatic carbocycles. The van der Waals surface area contributed by atoms with Gasteiger partial charge in [-0.05, 0) is 69.9 Å². The Hall–Kier alpha value is -3.22. The summed E-state index contributed by atoms with van der Waals surface area (Å²) < 4.78 is 19.3. The number of likely N-dealkylation sites (tertiary alicyclic amines) is 1. The van der Waals surface area contributed by atoms with E-state index in [1.54, 1.807) is 7.11 Å². The molecule has 0 N–H and O–H groups in total. The number of para-hydroxylation sites is 2. The number of imidazole rings is 1. The van der Waals surface area contributed by atoms with E-state index in [-0.39, 0.29) is 12.1 Å². The standard InChI is InChI=1S/C26H33N3O4/c1-26(2,3)33-25(30)28-16-8-7-9-20(28)18-32-24-27-22-10-5-6-11-23(22)29(24)17-19-12-14-21(31-4)15-13-19/h5-6,10-15,20H,7-9,16-18H2,1-4H3/t20-/m1/s1. The molecule has 3 aromatic rings. The van der Waals surface area contributed by atoms with E-state index in [2.05, 4.69) is 4.57 Å². The van der Waals surface area contributed by atoms with Crippen LogP contribution in [0.5, 0.6) is 11.8 Å². The van der Waals surface area contributed by atoms with Crippen LogP contribution in [0.15, 0.2) is 48.5 Å². The maximum Gasteiger partial charge on any atom is 0.410 e. The number of rotatable bonds is 6. The molecule has 33 heavy (non-hydrogen) atoms. The van der Waals surface area contributed by atoms with E-state index in [1.807, 2.05) is 74.2 Å². The van der Waals surface area contributed by atoms with Crippen LogP contribution in [0.4, 0.5) is 4.79 Å². The molecule has 1 aliphatic rings. The highest BCUT2D eigenvalue weighted by atomic mass is 16.6. The van der Waals surface area contributed by atoms with Crippen molar-refractivity contribution in [2.45, 2.75) is 58.2 Å². The lowest BCUT2D eigenvalue weighted by molar-refractivity contribution is 0.00290. The number of hydrogen-bond donors (Lipinski definition) is 0. The van der Waals surface area contributed by atoms with Gasteiger partial charge in [0.05, 0.1) is 30.7 Å². The number of nitrogens with zero attached hydrogens (tertiary/aromatic N) is 3. The van der Waals surface area contributed by atoms with Crippen LogP contribution < -0.4 is 9.47 Å². The number of carbonyl (C=O) groups is 1. The highest BCUT2D eigenvalue weighted by molar-refractivity contribution is 5.76. The minimum atomic E-state index is -0.522. The SMILES string of the molecule is COc1ccc(Cn2c(OC[C@H]3CCCCN3C(=O)OC(C)(C)C)nc3ccccc32)cc1. The van der Waals surface area contributed by atoms with Crippen LogP contribution in [0.25, 0.3) is 11.0 Å². The van der Waals surface area contributed by atoms with Crippen molar-refractivity contribution in [1.29, 1.82) is 0 Å². The van der Waals surface area contributed by atoms with Crippen LogP contribution in [0.2, 0.25) is 0 Å². The molecule has 7 heteroatoms. The quantitative estimate of drug-likeness (QED) is 0.511. The van der Waals surface area contributed by atoms with Crippen molar-refractivity contribution in [2.24, 2.45) is 0 Å². The fraction of sp³-hybridized carbons (Fsp3) is 0.462. The second-order valence-corrected chi connectivity index (χ2v) is 9.45. The summed E-state index contributed by atoms with van der Waals surface area (Å²) in [5.41, 5.74) is 2.49. The molecule has 1 atom stereocenters. The molecule has 7 nitrogen and oxygen atoms in total. The second-order valence-electron chi connectivity index (χ2n) is 9.45. The molecule has 4 rings (SSSR count). The Bertz CT molecular complexity index is 1090. The first-order valence-electron chi connectivity index (χ1n) is 11.5. The summed E-state index contributed by atoms with van der Waals surface area (Å²) in [4.78, 5) is 19.3. The van der Waals surface area contributed by atoms with E-state index in [0.29, 0.717) is 25.7 Å². The third kappa shape index (κ3) is 5.59. The van der Waals surface area contributed by atoms with Crippen LogP contribution in [0.1, 0.15) is 45.6 Å². The van der Waals surface area contributed by atoms with Crippen molar-refractivity contribution in [3.05, 3.63) is 54.1 Å².